The summed E-state index contributed by atoms with van der Waals surface area (Å²) in [5, 5.41) is 10.7. The molecule has 0 aromatic heterocycles. The van der Waals surface area contributed by atoms with E-state index in [0.717, 1.165) is 11.6 Å². The highest BCUT2D eigenvalue weighted by Gasteiger charge is 2.38. The van der Waals surface area contributed by atoms with E-state index in [4.69, 9.17) is 0 Å². The van der Waals surface area contributed by atoms with Crippen LogP contribution in [0.5, 0.6) is 0 Å². The summed E-state index contributed by atoms with van der Waals surface area (Å²) in [4.78, 5) is 10.4. The van der Waals surface area contributed by atoms with Gasteiger partial charge < -0.3 is 0 Å². The van der Waals surface area contributed by atoms with Crippen LogP contribution in [0.15, 0.2) is 53.4 Å². The van der Waals surface area contributed by atoms with Crippen molar-refractivity contribution < 1.29 is 13.3 Å². The summed E-state index contributed by atoms with van der Waals surface area (Å²) in [7, 11) is -3.81. The van der Waals surface area contributed by atoms with E-state index in [1.807, 2.05) is 30.3 Å². The molecule has 0 N–H and O–H groups in total. The number of thioether (sulfide) groups is 1. The van der Waals surface area contributed by atoms with Crippen LogP contribution in [0.4, 0.5) is 5.69 Å². The van der Waals surface area contributed by atoms with Gasteiger partial charge in [0.15, 0.2) is 0 Å². The normalized spacial score (nSPS) is 18.6. The molecule has 0 bridgehead atoms. The van der Waals surface area contributed by atoms with Crippen LogP contribution in [0.2, 0.25) is 0 Å². The zero-order valence-corrected chi connectivity index (χ0v) is 14.6. The van der Waals surface area contributed by atoms with Crippen molar-refractivity contribution in [2.24, 2.45) is 0 Å². The van der Waals surface area contributed by atoms with Gasteiger partial charge in [0.05, 0.1) is 15.2 Å². The van der Waals surface area contributed by atoms with Crippen LogP contribution >= 0.6 is 11.8 Å². The number of hydrogen-bond donors (Lipinski definition) is 0. The monoisotopic (exact) mass is 364 g/mol. The lowest BCUT2D eigenvalue weighted by Gasteiger charge is -2.24. The van der Waals surface area contributed by atoms with Crippen molar-refractivity contribution in [1.29, 1.82) is 0 Å². The Morgan fingerprint density at radius 2 is 1.92 bits per heavy atom. The van der Waals surface area contributed by atoms with E-state index in [1.54, 1.807) is 18.7 Å². The maximum absolute atomic E-state index is 13.1. The average molecular weight is 364 g/mol. The van der Waals surface area contributed by atoms with Gasteiger partial charge in [0, 0.05) is 24.4 Å². The fraction of sp³-hybridized carbons (Fsp3) is 0.250. The van der Waals surface area contributed by atoms with E-state index in [0.29, 0.717) is 17.9 Å². The second kappa shape index (κ2) is 6.54. The highest BCUT2D eigenvalue weighted by Crippen LogP contribution is 2.42. The van der Waals surface area contributed by atoms with Crippen molar-refractivity contribution in [3.05, 3.63) is 69.8 Å². The predicted molar refractivity (Wildman–Crippen MR) is 93.4 cm³/mol. The minimum atomic E-state index is -3.81. The third-order valence-corrected chi connectivity index (χ3v) is 7.30. The van der Waals surface area contributed by atoms with Crippen molar-refractivity contribution in [2.75, 3.05) is 12.3 Å². The molecular weight excluding hydrogens is 348 g/mol. The molecule has 24 heavy (non-hydrogen) atoms. The summed E-state index contributed by atoms with van der Waals surface area (Å²) in [5.74, 6) is 0.687. The molecule has 2 aromatic carbocycles. The molecule has 0 radical (unpaired) electrons. The fourth-order valence-corrected chi connectivity index (χ4v) is 6.18. The number of sulfonamides is 1. The second-order valence-corrected chi connectivity index (χ2v) is 8.50. The molecule has 0 unspecified atom stereocenters. The first-order chi connectivity index (χ1) is 11.4. The van der Waals surface area contributed by atoms with Gasteiger partial charge in [-0.1, -0.05) is 36.4 Å². The summed E-state index contributed by atoms with van der Waals surface area (Å²) < 4.78 is 27.6. The number of aryl methyl sites for hydroxylation is 1. The number of nitro benzene ring substituents is 1. The summed E-state index contributed by atoms with van der Waals surface area (Å²) in [6, 6.07) is 13.4. The fourth-order valence-electron chi connectivity index (χ4n) is 2.69. The molecule has 0 amide bonds. The van der Waals surface area contributed by atoms with Crippen LogP contribution < -0.4 is 0 Å². The lowest BCUT2D eigenvalue weighted by atomic mass is 10.2. The van der Waals surface area contributed by atoms with E-state index in [9.17, 15) is 18.5 Å². The number of benzene rings is 2. The summed E-state index contributed by atoms with van der Waals surface area (Å²) >= 11 is 1.55. The van der Waals surface area contributed by atoms with Crippen molar-refractivity contribution in [1.82, 2.24) is 4.31 Å². The lowest BCUT2D eigenvalue weighted by molar-refractivity contribution is -0.385. The summed E-state index contributed by atoms with van der Waals surface area (Å²) in [5.41, 5.74) is 1.19. The topological polar surface area (TPSA) is 80.5 Å². The van der Waals surface area contributed by atoms with Crippen molar-refractivity contribution >= 4 is 27.5 Å². The van der Waals surface area contributed by atoms with E-state index in [-0.39, 0.29) is 16.0 Å². The lowest BCUT2D eigenvalue weighted by Crippen LogP contribution is -2.31. The number of non-ortho nitro benzene ring substituents is 1. The zero-order chi connectivity index (χ0) is 17.3. The van der Waals surface area contributed by atoms with Crippen LogP contribution in [0.3, 0.4) is 0 Å². The summed E-state index contributed by atoms with van der Waals surface area (Å²) in [6.07, 6.45) is 0. The Morgan fingerprint density at radius 3 is 2.58 bits per heavy atom. The van der Waals surface area contributed by atoms with Gasteiger partial charge in [0.25, 0.3) is 5.69 Å². The maximum Gasteiger partial charge on any atom is 0.270 e. The molecule has 3 rings (SSSR count). The Morgan fingerprint density at radius 1 is 1.21 bits per heavy atom. The van der Waals surface area contributed by atoms with Gasteiger partial charge in [-0.2, -0.15) is 4.31 Å². The Labute approximate surface area is 144 Å². The first-order valence-electron chi connectivity index (χ1n) is 7.34. The van der Waals surface area contributed by atoms with Gasteiger partial charge in [0.1, 0.15) is 0 Å². The Bertz CT molecular complexity index is 869. The number of rotatable bonds is 4. The number of hydrogen-bond acceptors (Lipinski definition) is 5. The van der Waals surface area contributed by atoms with E-state index < -0.39 is 14.9 Å². The van der Waals surface area contributed by atoms with E-state index in [1.165, 1.54) is 16.4 Å². The highest BCUT2D eigenvalue weighted by atomic mass is 32.2. The largest absolute Gasteiger partial charge is 0.270 e. The molecule has 8 heteroatoms. The van der Waals surface area contributed by atoms with Gasteiger partial charge in [-0.25, -0.2) is 8.42 Å². The van der Waals surface area contributed by atoms with Crippen LogP contribution in [0.25, 0.3) is 0 Å². The highest BCUT2D eigenvalue weighted by molar-refractivity contribution is 8.01. The van der Waals surface area contributed by atoms with Gasteiger partial charge in [-0.3, -0.25) is 10.1 Å². The zero-order valence-electron chi connectivity index (χ0n) is 13.0. The Kier molecular flexibility index (Phi) is 4.62. The minimum Gasteiger partial charge on any atom is -0.258 e. The van der Waals surface area contributed by atoms with Gasteiger partial charge in [-0.05, 0) is 18.1 Å². The quantitative estimate of drug-likeness (QED) is 0.614. The third-order valence-electron chi connectivity index (χ3n) is 3.90. The van der Waals surface area contributed by atoms with Crippen LogP contribution in [-0.2, 0) is 10.0 Å². The number of nitro groups is 1. The molecule has 6 nitrogen and oxygen atoms in total. The Hall–Kier alpha value is -1.90. The van der Waals surface area contributed by atoms with Crippen molar-refractivity contribution in [2.45, 2.75) is 17.2 Å². The molecule has 1 heterocycles. The van der Waals surface area contributed by atoms with E-state index >= 15 is 0 Å². The molecule has 126 valence electrons. The molecule has 0 spiro atoms. The minimum absolute atomic E-state index is 0.000121. The molecule has 1 atom stereocenters. The van der Waals surface area contributed by atoms with Crippen molar-refractivity contribution in [3.8, 4) is 0 Å². The molecule has 1 saturated heterocycles. The molecule has 1 aliphatic heterocycles. The molecule has 2 aromatic rings. The first-order valence-corrected chi connectivity index (χ1v) is 9.83. The SMILES string of the molecule is Cc1ccc([N+](=O)[O-])cc1S(=O)(=O)N1CCS[C@@H]1c1ccccc1. The molecule has 1 fully saturated rings. The molecule has 1 aliphatic rings. The van der Waals surface area contributed by atoms with Gasteiger partial charge in [-0.15, -0.1) is 11.8 Å². The van der Waals surface area contributed by atoms with Crippen LogP contribution in [0, 0.1) is 17.0 Å². The smallest absolute Gasteiger partial charge is 0.258 e. The molecular formula is C16H16N2O4S2. The predicted octanol–water partition coefficient (Wildman–Crippen LogP) is 3.34. The standard InChI is InChI=1S/C16H16N2O4S2/c1-12-7-8-14(18(19)20)11-15(12)24(21,22)17-9-10-23-16(17)13-5-3-2-4-6-13/h2-8,11,16H,9-10H2,1H3/t16-/m1/s1. The third kappa shape index (κ3) is 3.04. The van der Waals surface area contributed by atoms with Gasteiger partial charge >= 0.3 is 0 Å². The van der Waals surface area contributed by atoms with Crippen LogP contribution in [-0.4, -0.2) is 29.9 Å². The first kappa shape index (κ1) is 16.9. The Balaban J connectivity index is 2.04. The number of nitrogens with zero attached hydrogens (tertiary/aromatic N) is 2. The maximum atomic E-state index is 13.1. The molecule has 0 saturated carbocycles. The van der Waals surface area contributed by atoms with Gasteiger partial charge in [0.2, 0.25) is 10.0 Å². The average Bonchev–Trinajstić information content (AvgIpc) is 3.06. The molecule has 0 aliphatic carbocycles. The summed E-state index contributed by atoms with van der Waals surface area (Å²) in [6.45, 7) is 2.03. The van der Waals surface area contributed by atoms with Crippen molar-refractivity contribution in [3.63, 3.8) is 0 Å². The van der Waals surface area contributed by atoms with Crippen LogP contribution in [0.1, 0.15) is 16.5 Å². The second-order valence-electron chi connectivity index (χ2n) is 5.46. The van der Waals surface area contributed by atoms with E-state index in [2.05, 4.69) is 0 Å².